The monoisotopic (exact) mass is 351 g/mol. The Morgan fingerprint density at radius 1 is 1.33 bits per heavy atom. The molecule has 1 heterocycles. The Hall–Kier alpha value is -1.33. The minimum Gasteiger partial charge on any atom is -0.497 e. The van der Waals surface area contributed by atoms with E-state index in [0.717, 1.165) is 35.4 Å². The summed E-state index contributed by atoms with van der Waals surface area (Å²) in [5.41, 5.74) is 4.85. The molecule has 4 nitrogen and oxygen atoms in total. The normalized spacial score (nSPS) is 10.9. The maximum atomic E-state index is 5.30. The fourth-order valence-electron chi connectivity index (χ4n) is 2.46. The van der Waals surface area contributed by atoms with Crippen molar-refractivity contribution < 1.29 is 4.74 Å². The minimum atomic E-state index is 0.740. The molecule has 114 valence electrons. The van der Waals surface area contributed by atoms with Crippen molar-refractivity contribution in [1.29, 1.82) is 0 Å². The van der Waals surface area contributed by atoms with Gasteiger partial charge in [0.15, 0.2) is 0 Å². The van der Waals surface area contributed by atoms with Gasteiger partial charge in [0, 0.05) is 10.2 Å². The molecule has 0 saturated heterocycles. The first kappa shape index (κ1) is 16.0. The number of aryl methyl sites for hydroxylation is 1. The van der Waals surface area contributed by atoms with Crippen molar-refractivity contribution in [1.82, 2.24) is 15.1 Å². The van der Waals surface area contributed by atoms with Crippen molar-refractivity contribution in [2.45, 2.75) is 26.8 Å². The van der Waals surface area contributed by atoms with Crippen molar-refractivity contribution in [3.05, 3.63) is 45.2 Å². The molecule has 0 bridgehead atoms. The van der Waals surface area contributed by atoms with Crippen molar-refractivity contribution in [3.63, 3.8) is 0 Å². The van der Waals surface area contributed by atoms with Crippen LogP contribution in [-0.4, -0.2) is 30.5 Å². The lowest BCUT2D eigenvalue weighted by molar-refractivity contribution is 0.414. The fourth-order valence-corrected chi connectivity index (χ4v) is 2.83. The molecule has 1 N–H and O–H groups in total. The minimum absolute atomic E-state index is 0.740. The number of hydrogen-bond acceptors (Lipinski definition) is 3. The van der Waals surface area contributed by atoms with E-state index in [0.29, 0.717) is 0 Å². The van der Waals surface area contributed by atoms with Crippen LogP contribution in [0.3, 0.4) is 0 Å². The van der Waals surface area contributed by atoms with Gasteiger partial charge in [-0.25, -0.2) is 0 Å². The van der Waals surface area contributed by atoms with Crippen LogP contribution in [0.25, 0.3) is 0 Å². The van der Waals surface area contributed by atoms with E-state index in [9.17, 15) is 0 Å². The second-order valence-electron chi connectivity index (χ2n) is 5.12. The molecule has 0 saturated carbocycles. The van der Waals surface area contributed by atoms with Crippen LogP contribution in [0.1, 0.15) is 22.5 Å². The molecular formula is C16H22BrN3O. The summed E-state index contributed by atoms with van der Waals surface area (Å²) in [6, 6.07) is 6.02. The molecule has 2 rings (SSSR count). The van der Waals surface area contributed by atoms with Crippen molar-refractivity contribution in [3.8, 4) is 5.75 Å². The van der Waals surface area contributed by atoms with Crippen LogP contribution in [0, 0.1) is 13.8 Å². The van der Waals surface area contributed by atoms with E-state index in [2.05, 4.69) is 44.9 Å². The van der Waals surface area contributed by atoms with Gasteiger partial charge in [0.2, 0.25) is 0 Å². The van der Waals surface area contributed by atoms with E-state index in [1.54, 1.807) is 7.11 Å². The number of benzene rings is 1. The number of ether oxygens (including phenoxy) is 1. The summed E-state index contributed by atoms with van der Waals surface area (Å²) < 4.78 is 8.45. The Balaban J connectivity index is 2.27. The van der Waals surface area contributed by atoms with Crippen LogP contribution in [0.15, 0.2) is 22.7 Å². The Bertz CT molecular complexity index is 622. The second-order valence-corrected chi connectivity index (χ2v) is 5.97. The third kappa shape index (κ3) is 3.66. The van der Waals surface area contributed by atoms with Crippen LogP contribution < -0.4 is 10.1 Å². The summed E-state index contributed by atoms with van der Waals surface area (Å²) in [7, 11) is 3.66. The molecule has 0 aliphatic heterocycles. The molecule has 0 spiro atoms. The highest BCUT2D eigenvalue weighted by Crippen LogP contribution is 2.24. The predicted octanol–water partition coefficient (Wildman–Crippen LogP) is 3.08. The van der Waals surface area contributed by atoms with Gasteiger partial charge in [-0.2, -0.15) is 5.10 Å². The van der Waals surface area contributed by atoms with Gasteiger partial charge in [0.1, 0.15) is 5.75 Å². The van der Waals surface area contributed by atoms with Gasteiger partial charge in [0.05, 0.1) is 19.3 Å². The van der Waals surface area contributed by atoms with Gasteiger partial charge < -0.3 is 10.1 Å². The number of likely N-dealkylation sites (N-methyl/N-ethyl adjacent to an activating group) is 1. The van der Waals surface area contributed by atoms with E-state index < -0.39 is 0 Å². The third-order valence-electron chi connectivity index (χ3n) is 3.73. The molecule has 0 fully saturated rings. The molecule has 2 aromatic rings. The lowest BCUT2D eigenvalue weighted by Gasteiger charge is -2.09. The summed E-state index contributed by atoms with van der Waals surface area (Å²) in [5.74, 6) is 0.866. The number of halogens is 1. The summed E-state index contributed by atoms with van der Waals surface area (Å²) >= 11 is 3.60. The number of methoxy groups -OCH3 is 1. The molecule has 0 unspecified atom stereocenters. The van der Waals surface area contributed by atoms with E-state index in [1.807, 2.05) is 25.2 Å². The van der Waals surface area contributed by atoms with E-state index >= 15 is 0 Å². The fraction of sp³-hybridized carbons (Fsp3) is 0.438. The highest BCUT2D eigenvalue weighted by atomic mass is 79.9. The lowest BCUT2D eigenvalue weighted by atomic mass is 10.1. The molecular weight excluding hydrogens is 330 g/mol. The van der Waals surface area contributed by atoms with Gasteiger partial charge in [-0.15, -0.1) is 0 Å². The molecule has 0 aliphatic carbocycles. The molecule has 0 atom stereocenters. The highest BCUT2D eigenvalue weighted by Gasteiger charge is 2.12. The second kappa shape index (κ2) is 7.09. The Kier molecular flexibility index (Phi) is 5.42. The van der Waals surface area contributed by atoms with Gasteiger partial charge >= 0.3 is 0 Å². The molecule has 21 heavy (non-hydrogen) atoms. The Labute approximate surface area is 134 Å². The number of rotatable bonds is 6. The van der Waals surface area contributed by atoms with Gasteiger partial charge in [-0.3, -0.25) is 4.68 Å². The summed E-state index contributed by atoms with van der Waals surface area (Å²) in [6.07, 6.45) is 1.01. The molecule has 1 aromatic carbocycles. The zero-order valence-electron chi connectivity index (χ0n) is 13.0. The molecule has 0 aliphatic rings. The summed E-state index contributed by atoms with van der Waals surface area (Å²) in [6.45, 7) is 5.93. The molecule has 5 heteroatoms. The zero-order chi connectivity index (χ0) is 15.4. The number of nitrogens with one attached hydrogen (secondary N) is 1. The molecule has 1 aromatic heterocycles. The summed E-state index contributed by atoms with van der Waals surface area (Å²) in [5, 5.41) is 7.87. The van der Waals surface area contributed by atoms with E-state index in [1.165, 1.54) is 16.8 Å². The maximum Gasteiger partial charge on any atom is 0.119 e. The first-order valence-electron chi connectivity index (χ1n) is 7.06. The average molecular weight is 352 g/mol. The standard InChI is InChI=1S/C16H22BrN3O/c1-11-15(7-8-18-3)12(2)20(19-11)10-13-9-14(21-4)5-6-16(13)17/h5-6,9,18H,7-8,10H2,1-4H3. The van der Waals surface area contributed by atoms with Gasteiger partial charge in [-0.05, 0) is 63.2 Å². The predicted molar refractivity (Wildman–Crippen MR) is 89.1 cm³/mol. The third-order valence-corrected chi connectivity index (χ3v) is 4.50. The Morgan fingerprint density at radius 2 is 2.10 bits per heavy atom. The number of aromatic nitrogens is 2. The van der Waals surface area contributed by atoms with Crippen LogP contribution in [-0.2, 0) is 13.0 Å². The average Bonchev–Trinajstić information content (AvgIpc) is 2.74. The number of nitrogens with zero attached hydrogens (tertiary/aromatic N) is 2. The quantitative estimate of drug-likeness (QED) is 0.869. The smallest absolute Gasteiger partial charge is 0.119 e. The maximum absolute atomic E-state index is 5.30. The van der Waals surface area contributed by atoms with Crippen LogP contribution >= 0.6 is 15.9 Å². The van der Waals surface area contributed by atoms with Crippen molar-refractivity contribution in [2.24, 2.45) is 0 Å². The SMILES string of the molecule is CNCCc1c(C)nn(Cc2cc(OC)ccc2Br)c1C. The first-order chi connectivity index (χ1) is 10.1. The van der Waals surface area contributed by atoms with Crippen LogP contribution in [0.5, 0.6) is 5.75 Å². The molecule has 0 radical (unpaired) electrons. The van der Waals surface area contributed by atoms with Gasteiger partial charge in [-0.1, -0.05) is 15.9 Å². The van der Waals surface area contributed by atoms with Crippen LogP contribution in [0.2, 0.25) is 0 Å². The summed E-state index contributed by atoms with van der Waals surface area (Å²) in [4.78, 5) is 0. The van der Waals surface area contributed by atoms with Crippen molar-refractivity contribution >= 4 is 15.9 Å². The van der Waals surface area contributed by atoms with E-state index in [-0.39, 0.29) is 0 Å². The van der Waals surface area contributed by atoms with Crippen LogP contribution in [0.4, 0.5) is 0 Å². The van der Waals surface area contributed by atoms with Gasteiger partial charge in [0.25, 0.3) is 0 Å². The topological polar surface area (TPSA) is 39.1 Å². The lowest BCUT2D eigenvalue weighted by Crippen LogP contribution is -2.11. The first-order valence-corrected chi connectivity index (χ1v) is 7.86. The van der Waals surface area contributed by atoms with E-state index in [4.69, 9.17) is 4.74 Å². The highest BCUT2D eigenvalue weighted by molar-refractivity contribution is 9.10. The zero-order valence-corrected chi connectivity index (χ0v) is 14.6. The number of hydrogen-bond donors (Lipinski definition) is 1. The van der Waals surface area contributed by atoms with Crippen molar-refractivity contribution in [2.75, 3.05) is 20.7 Å². The molecule has 0 amide bonds. The Morgan fingerprint density at radius 3 is 2.76 bits per heavy atom. The largest absolute Gasteiger partial charge is 0.497 e.